The van der Waals surface area contributed by atoms with Crippen molar-refractivity contribution in [1.82, 2.24) is 9.97 Å². The Hall–Kier alpha value is -3.20. The molecule has 3 rings (SSSR count). The number of nitrogens with one attached hydrogen (secondary N) is 1. The molecule has 6 heteroatoms. The number of hydrogen-bond acceptors (Lipinski definition) is 4. The standard InChI is InChI=1S/C16H12N4O2/c1-9-3-4-12(6-14(9)20(21)22)15-10(2)19-16-13(15)5-11(7-17)8-18-16/h3-6,8H,1-2H3,(H,18,19). The molecule has 0 saturated heterocycles. The highest BCUT2D eigenvalue weighted by Gasteiger charge is 2.17. The summed E-state index contributed by atoms with van der Waals surface area (Å²) >= 11 is 0. The van der Waals surface area contributed by atoms with Crippen molar-refractivity contribution in [3.8, 4) is 17.2 Å². The largest absolute Gasteiger partial charge is 0.343 e. The van der Waals surface area contributed by atoms with Crippen LogP contribution in [0.25, 0.3) is 22.2 Å². The van der Waals surface area contributed by atoms with Crippen molar-refractivity contribution >= 4 is 16.7 Å². The highest BCUT2D eigenvalue weighted by atomic mass is 16.6. The van der Waals surface area contributed by atoms with Crippen LogP contribution in [0.4, 0.5) is 5.69 Å². The summed E-state index contributed by atoms with van der Waals surface area (Å²) in [6.45, 7) is 3.59. The van der Waals surface area contributed by atoms with Crippen molar-refractivity contribution in [3.63, 3.8) is 0 Å². The number of fused-ring (bicyclic) bond motifs is 1. The third kappa shape index (κ3) is 2.09. The predicted octanol–water partition coefficient (Wildman–Crippen LogP) is 3.63. The number of rotatable bonds is 2. The number of hydrogen-bond donors (Lipinski definition) is 1. The van der Waals surface area contributed by atoms with Gasteiger partial charge < -0.3 is 4.98 Å². The summed E-state index contributed by atoms with van der Waals surface area (Å²) in [6, 6.07) is 8.94. The summed E-state index contributed by atoms with van der Waals surface area (Å²) in [7, 11) is 0. The van der Waals surface area contributed by atoms with Crippen LogP contribution in [0.5, 0.6) is 0 Å². The lowest BCUT2D eigenvalue weighted by Crippen LogP contribution is -1.92. The van der Waals surface area contributed by atoms with Crippen LogP contribution in [0.2, 0.25) is 0 Å². The van der Waals surface area contributed by atoms with Gasteiger partial charge in [-0.15, -0.1) is 0 Å². The first-order valence-corrected chi connectivity index (χ1v) is 6.65. The molecule has 108 valence electrons. The van der Waals surface area contributed by atoms with E-state index in [1.165, 1.54) is 6.20 Å². The first kappa shape index (κ1) is 13.8. The van der Waals surface area contributed by atoms with Gasteiger partial charge >= 0.3 is 0 Å². The lowest BCUT2D eigenvalue weighted by Gasteiger charge is -2.04. The SMILES string of the molecule is Cc1ccc(-c2c(C)[nH]c3ncc(C#N)cc23)cc1[N+](=O)[O-]. The molecule has 0 aliphatic rings. The quantitative estimate of drug-likeness (QED) is 0.576. The van der Waals surface area contributed by atoms with Gasteiger partial charge in [-0.2, -0.15) is 5.26 Å². The van der Waals surface area contributed by atoms with Crippen LogP contribution >= 0.6 is 0 Å². The van der Waals surface area contributed by atoms with Crippen LogP contribution in [0.15, 0.2) is 30.5 Å². The summed E-state index contributed by atoms with van der Waals surface area (Å²) < 4.78 is 0. The Kier molecular flexibility index (Phi) is 3.11. The Morgan fingerprint density at radius 1 is 1.32 bits per heavy atom. The lowest BCUT2D eigenvalue weighted by atomic mass is 10.00. The zero-order valence-electron chi connectivity index (χ0n) is 12.0. The number of nitrogens with zero attached hydrogens (tertiary/aromatic N) is 3. The van der Waals surface area contributed by atoms with E-state index in [4.69, 9.17) is 5.26 Å². The van der Waals surface area contributed by atoms with Crippen LogP contribution in [-0.4, -0.2) is 14.9 Å². The predicted molar refractivity (Wildman–Crippen MR) is 82.4 cm³/mol. The number of aryl methyl sites for hydroxylation is 2. The topological polar surface area (TPSA) is 95.6 Å². The number of nitro groups is 1. The highest BCUT2D eigenvalue weighted by Crippen LogP contribution is 2.34. The van der Waals surface area contributed by atoms with Crippen molar-refractivity contribution in [2.75, 3.05) is 0 Å². The number of H-pyrrole nitrogens is 1. The van der Waals surface area contributed by atoms with Gasteiger partial charge in [-0.1, -0.05) is 12.1 Å². The molecule has 1 aromatic carbocycles. The van der Waals surface area contributed by atoms with E-state index in [0.29, 0.717) is 16.8 Å². The zero-order valence-corrected chi connectivity index (χ0v) is 12.0. The van der Waals surface area contributed by atoms with Crippen molar-refractivity contribution in [3.05, 3.63) is 57.4 Å². The second kappa shape index (κ2) is 4.97. The number of aromatic amines is 1. The average molecular weight is 292 g/mol. The highest BCUT2D eigenvalue weighted by molar-refractivity contribution is 5.96. The van der Waals surface area contributed by atoms with Crippen LogP contribution in [0.3, 0.4) is 0 Å². The van der Waals surface area contributed by atoms with Gasteiger partial charge in [0, 0.05) is 34.5 Å². The van der Waals surface area contributed by atoms with E-state index in [9.17, 15) is 10.1 Å². The van der Waals surface area contributed by atoms with E-state index in [1.807, 2.05) is 13.0 Å². The van der Waals surface area contributed by atoms with Gasteiger partial charge in [-0.3, -0.25) is 10.1 Å². The second-order valence-electron chi connectivity index (χ2n) is 5.12. The second-order valence-corrected chi connectivity index (χ2v) is 5.12. The molecule has 0 radical (unpaired) electrons. The van der Waals surface area contributed by atoms with E-state index < -0.39 is 0 Å². The molecule has 6 nitrogen and oxygen atoms in total. The van der Waals surface area contributed by atoms with E-state index in [-0.39, 0.29) is 10.6 Å². The van der Waals surface area contributed by atoms with E-state index in [2.05, 4.69) is 16.0 Å². The fourth-order valence-corrected chi connectivity index (χ4v) is 2.59. The monoisotopic (exact) mass is 292 g/mol. The molecule has 0 amide bonds. The smallest absolute Gasteiger partial charge is 0.272 e. The molecule has 0 aliphatic carbocycles. The minimum absolute atomic E-state index is 0.0793. The van der Waals surface area contributed by atoms with E-state index >= 15 is 0 Å². The third-order valence-electron chi connectivity index (χ3n) is 3.66. The van der Waals surface area contributed by atoms with Crippen LogP contribution < -0.4 is 0 Å². The molecule has 0 spiro atoms. The summed E-state index contributed by atoms with van der Waals surface area (Å²) in [6.07, 6.45) is 1.50. The van der Waals surface area contributed by atoms with Gasteiger partial charge in [0.25, 0.3) is 5.69 Å². The van der Waals surface area contributed by atoms with Crippen LogP contribution in [0.1, 0.15) is 16.8 Å². The fourth-order valence-electron chi connectivity index (χ4n) is 2.59. The van der Waals surface area contributed by atoms with Crippen LogP contribution in [0, 0.1) is 35.3 Å². The maximum atomic E-state index is 11.1. The van der Waals surface area contributed by atoms with Crippen molar-refractivity contribution in [2.24, 2.45) is 0 Å². The zero-order chi connectivity index (χ0) is 15.9. The van der Waals surface area contributed by atoms with E-state index in [1.54, 1.807) is 25.1 Å². The fraction of sp³-hybridized carbons (Fsp3) is 0.125. The summed E-state index contributed by atoms with van der Waals surface area (Å²) in [5.41, 5.74) is 4.23. The van der Waals surface area contributed by atoms with Crippen molar-refractivity contribution in [1.29, 1.82) is 5.26 Å². The summed E-state index contributed by atoms with van der Waals surface area (Å²) in [4.78, 5) is 18.1. The maximum Gasteiger partial charge on any atom is 0.272 e. The van der Waals surface area contributed by atoms with Gasteiger partial charge in [-0.05, 0) is 25.5 Å². The van der Waals surface area contributed by atoms with E-state index in [0.717, 1.165) is 22.2 Å². The normalized spacial score (nSPS) is 10.6. The minimum atomic E-state index is -0.387. The Morgan fingerprint density at radius 3 is 2.77 bits per heavy atom. The van der Waals surface area contributed by atoms with Crippen molar-refractivity contribution in [2.45, 2.75) is 13.8 Å². The van der Waals surface area contributed by atoms with Gasteiger partial charge in [0.15, 0.2) is 0 Å². The van der Waals surface area contributed by atoms with Crippen molar-refractivity contribution < 1.29 is 4.92 Å². The first-order chi connectivity index (χ1) is 10.5. The molecular formula is C16H12N4O2. The first-order valence-electron chi connectivity index (χ1n) is 6.65. The Labute approximate surface area is 126 Å². The molecule has 3 aromatic rings. The summed E-state index contributed by atoms with van der Waals surface area (Å²) in [5, 5.41) is 21.0. The molecule has 22 heavy (non-hydrogen) atoms. The molecule has 0 aliphatic heterocycles. The molecule has 0 saturated carbocycles. The molecule has 0 fully saturated rings. The Bertz CT molecular complexity index is 951. The number of nitriles is 1. The molecule has 0 bridgehead atoms. The molecule has 1 N–H and O–H groups in total. The minimum Gasteiger partial charge on any atom is -0.343 e. The number of pyridine rings is 1. The van der Waals surface area contributed by atoms with Gasteiger partial charge in [0.1, 0.15) is 11.7 Å². The lowest BCUT2D eigenvalue weighted by molar-refractivity contribution is -0.385. The van der Waals surface area contributed by atoms with Gasteiger partial charge in [0.2, 0.25) is 0 Å². The average Bonchev–Trinajstić information content (AvgIpc) is 2.82. The molecule has 2 heterocycles. The molecular weight excluding hydrogens is 280 g/mol. The van der Waals surface area contributed by atoms with Gasteiger partial charge in [-0.25, -0.2) is 4.98 Å². The van der Waals surface area contributed by atoms with Gasteiger partial charge in [0.05, 0.1) is 10.5 Å². The molecule has 0 atom stereocenters. The molecule has 2 aromatic heterocycles. The number of aromatic nitrogens is 2. The molecule has 0 unspecified atom stereocenters. The number of nitro benzene ring substituents is 1. The summed E-state index contributed by atoms with van der Waals surface area (Å²) in [5.74, 6) is 0. The third-order valence-corrected chi connectivity index (χ3v) is 3.66. The Morgan fingerprint density at radius 2 is 2.09 bits per heavy atom. The number of benzene rings is 1. The Balaban J connectivity index is 2.30. The van der Waals surface area contributed by atoms with Crippen LogP contribution in [-0.2, 0) is 0 Å². The maximum absolute atomic E-state index is 11.1.